The summed E-state index contributed by atoms with van der Waals surface area (Å²) in [5.74, 6) is 0.137. The molecule has 26 heavy (non-hydrogen) atoms. The van der Waals surface area contributed by atoms with E-state index in [1.165, 1.54) is 17.4 Å². The average Bonchev–Trinajstić information content (AvgIpc) is 3.32. The van der Waals surface area contributed by atoms with Gasteiger partial charge in [0.05, 0.1) is 12.9 Å². The molecule has 1 amide bonds. The van der Waals surface area contributed by atoms with Crippen molar-refractivity contribution in [2.24, 2.45) is 0 Å². The van der Waals surface area contributed by atoms with Crippen LogP contribution in [-0.4, -0.2) is 41.6 Å². The highest BCUT2D eigenvalue weighted by Crippen LogP contribution is 2.25. The zero-order valence-corrected chi connectivity index (χ0v) is 16.0. The Hall–Kier alpha value is -1.60. The van der Waals surface area contributed by atoms with Crippen LogP contribution >= 0.6 is 24.8 Å². The first-order valence-corrected chi connectivity index (χ1v) is 8.39. The van der Waals surface area contributed by atoms with Gasteiger partial charge in [0.2, 0.25) is 0 Å². The van der Waals surface area contributed by atoms with Crippen LogP contribution in [0.2, 0.25) is 0 Å². The Bertz CT molecular complexity index is 718. The van der Waals surface area contributed by atoms with E-state index in [4.69, 9.17) is 9.15 Å². The Balaban J connectivity index is 0.00000121. The minimum atomic E-state index is -0.196. The van der Waals surface area contributed by atoms with Crippen molar-refractivity contribution in [1.82, 2.24) is 15.2 Å². The Morgan fingerprint density at radius 1 is 1.35 bits per heavy atom. The Kier molecular flexibility index (Phi) is 7.46. The molecule has 0 saturated carbocycles. The van der Waals surface area contributed by atoms with Gasteiger partial charge in [-0.25, -0.2) is 0 Å². The molecule has 2 aliphatic rings. The molecule has 1 saturated heterocycles. The van der Waals surface area contributed by atoms with Gasteiger partial charge in [-0.05, 0) is 41.7 Å². The van der Waals surface area contributed by atoms with Crippen molar-refractivity contribution in [1.29, 1.82) is 0 Å². The molecule has 0 aromatic carbocycles. The monoisotopic (exact) mass is 399 g/mol. The summed E-state index contributed by atoms with van der Waals surface area (Å²) in [6.45, 7) is 4.12. The van der Waals surface area contributed by atoms with Gasteiger partial charge >= 0.3 is 0 Å². The molecule has 1 atom stereocenters. The van der Waals surface area contributed by atoms with Crippen molar-refractivity contribution in [2.45, 2.75) is 32.0 Å². The normalized spacial score (nSPS) is 19.2. The van der Waals surface area contributed by atoms with Gasteiger partial charge in [-0.2, -0.15) is 0 Å². The smallest absolute Gasteiger partial charge is 0.287 e. The number of hydrogen-bond donors (Lipinski definition) is 1. The largest absolute Gasteiger partial charge is 0.459 e. The minimum Gasteiger partial charge on any atom is -0.459 e. The molecule has 8 heteroatoms. The number of nitrogens with zero attached hydrogens (tertiary/aromatic N) is 2. The molecule has 6 nitrogen and oxygen atoms in total. The zero-order valence-electron chi connectivity index (χ0n) is 14.3. The fourth-order valence-corrected chi connectivity index (χ4v) is 3.53. The second-order valence-corrected chi connectivity index (χ2v) is 6.33. The predicted octanol–water partition coefficient (Wildman–Crippen LogP) is 2.60. The summed E-state index contributed by atoms with van der Waals surface area (Å²) in [5, 5.41) is 2.91. The lowest BCUT2D eigenvalue weighted by Crippen LogP contribution is -2.40. The van der Waals surface area contributed by atoms with Crippen molar-refractivity contribution in [3.63, 3.8) is 0 Å². The highest BCUT2D eigenvalue weighted by Gasteiger charge is 2.27. The van der Waals surface area contributed by atoms with Crippen molar-refractivity contribution >= 4 is 30.7 Å². The van der Waals surface area contributed by atoms with Crippen molar-refractivity contribution in [3.05, 3.63) is 53.2 Å². The van der Waals surface area contributed by atoms with Crippen LogP contribution in [0.5, 0.6) is 0 Å². The van der Waals surface area contributed by atoms with Crippen molar-refractivity contribution in [3.8, 4) is 0 Å². The van der Waals surface area contributed by atoms with Gasteiger partial charge < -0.3 is 14.5 Å². The number of furan rings is 1. The summed E-state index contributed by atoms with van der Waals surface area (Å²) in [6, 6.07) is 3.90. The first kappa shape index (κ1) is 20.7. The van der Waals surface area contributed by atoms with Crippen LogP contribution in [0.15, 0.2) is 35.2 Å². The van der Waals surface area contributed by atoms with Crippen LogP contribution in [0.4, 0.5) is 0 Å². The number of halogens is 2. The van der Waals surface area contributed by atoms with Crippen LogP contribution in [0.25, 0.3) is 0 Å². The first-order valence-electron chi connectivity index (χ1n) is 8.39. The molecule has 0 radical (unpaired) electrons. The molecule has 4 rings (SSSR count). The van der Waals surface area contributed by atoms with E-state index in [0.717, 1.165) is 44.7 Å². The number of ether oxygens (including phenoxy) is 1. The van der Waals surface area contributed by atoms with Gasteiger partial charge in [0.15, 0.2) is 5.76 Å². The number of amides is 1. The molecule has 0 bridgehead atoms. The third-order valence-corrected chi connectivity index (χ3v) is 4.86. The van der Waals surface area contributed by atoms with Gasteiger partial charge in [-0.1, -0.05) is 0 Å². The van der Waals surface area contributed by atoms with Crippen molar-refractivity contribution < 1.29 is 13.9 Å². The summed E-state index contributed by atoms with van der Waals surface area (Å²) in [6.07, 6.45) is 7.41. The minimum absolute atomic E-state index is 0. The summed E-state index contributed by atoms with van der Waals surface area (Å²) in [4.78, 5) is 18.9. The van der Waals surface area contributed by atoms with E-state index in [1.54, 1.807) is 12.1 Å². The highest BCUT2D eigenvalue weighted by atomic mass is 35.5. The zero-order chi connectivity index (χ0) is 16.4. The fourth-order valence-electron chi connectivity index (χ4n) is 3.53. The molecular formula is C18H23Cl2N3O3. The quantitative estimate of drug-likeness (QED) is 0.855. The molecular weight excluding hydrogens is 377 g/mol. The van der Waals surface area contributed by atoms with Crippen LogP contribution in [-0.2, 0) is 24.2 Å². The van der Waals surface area contributed by atoms with Crippen molar-refractivity contribution in [2.75, 3.05) is 19.8 Å². The van der Waals surface area contributed by atoms with E-state index >= 15 is 0 Å². The standard InChI is InChI=1S/C18H21N3O3.2ClH/c22-18(17-2-1-6-24-17)20-10-13-8-19-9-14-11-21(5-3-16(13)14)15-4-7-23-12-15;;/h1-2,6,8-9,15H,3-5,7,10-12H2,(H,20,22);2*1H. The Morgan fingerprint density at radius 3 is 2.96 bits per heavy atom. The van der Waals surface area contributed by atoms with Gasteiger partial charge in [-0.3, -0.25) is 14.7 Å². The van der Waals surface area contributed by atoms with E-state index in [1.807, 2.05) is 12.4 Å². The number of hydrogen-bond acceptors (Lipinski definition) is 5. The van der Waals surface area contributed by atoms with E-state index < -0.39 is 0 Å². The lowest BCUT2D eigenvalue weighted by molar-refractivity contribution is 0.0923. The fraction of sp³-hybridized carbons (Fsp3) is 0.444. The summed E-state index contributed by atoms with van der Waals surface area (Å²) >= 11 is 0. The first-order chi connectivity index (χ1) is 11.8. The molecule has 142 valence electrons. The maximum Gasteiger partial charge on any atom is 0.287 e. The maximum atomic E-state index is 12.0. The number of aromatic nitrogens is 1. The van der Waals surface area contributed by atoms with E-state index in [-0.39, 0.29) is 30.7 Å². The lowest BCUT2D eigenvalue weighted by Gasteiger charge is -2.33. The number of carbonyl (C=O) groups is 1. The SMILES string of the molecule is Cl.Cl.O=C(NCc1cncc2c1CCN(C1CCOC1)C2)c1ccco1. The summed E-state index contributed by atoms with van der Waals surface area (Å²) in [5.41, 5.74) is 3.67. The van der Waals surface area contributed by atoms with Crippen LogP contribution in [0.1, 0.15) is 33.7 Å². The lowest BCUT2D eigenvalue weighted by atomic mass is 9.96. The molecule has 1 unspecified atom stereocenters. The summed E-state index contributed by atoms with van der Waals surface area (Å²) < 4.78 is 10.6. The van der Waals surface area contributed by atoms with E-state index in [9.17, 15) is 4.79 Å². The van der Waals surface area contributed by atoms with Gasteiger partial charge in [0, 0.05) is 44.7 Å². The molecule has 0 spiro atoms. The number of nitrogens with one attached hydrogen (secondary N) is 1. The molecule has 1 fully saturated rings. The number of rotatable bonds is 4. The van der Waals surface area contributed by atoms with E-state index in [2.05, 4.69) is 15.2 Å². The van der Waals surface area contributed by atoms with Crippen LogP contribution in [0, 0.1) is 0 Å². The predicted molar refractivity (Wildman–Crippen MR) is 102 cm³/mol. The molecule has 2 aliphatic heterocycles. The van der Waals surface area contributed by atoms with Gasteiger partial charge in [0.25, 0.3) is 5.91 Å². The third-order valence-electron chi connectivity index (χ3n) is 4.86. The molecule has 2 aromatic heterocycles. The molecule has 0 aliphatic carbocycles. The highest BCUT2D eigenvalue weighted by molar-refractivity contribution is 5.91. The molecule has 1 N–H and O–H groups in total. The average molecular weight is 400 g/mol. The third kappa shape index (κ3) is 4.38. The van der Waals surface area contributed by atoms with Crippen LogP contribution < -0.4 is 5.32 Å². The topological polar surface area (TPSA) is 67.6 Å². The van der Waals surface area contributed by atoms with Gasteiger partial charge in [0.1, 0.15) is 0 Å². The summed E-state index contributed by atoms with van der Waals surface area (Å²) in [7, 11) is 0. The van der Waals surface area contributed by atoms with Crippen LogP contribution in [0.3, 0.4) is 0 Å². The Morgan fingerprint density at radius 2 is 2.23 bits per heavy atom. The van der Waals surface area contributed by atoms with E-state index in [0.29, 0.717) is 18.3 Å². The maximum absolute atomic E-state index is 12.0. The second kappa shape index (κ2) is 9.37. The number of fused-ring (bicyclic) bond motifs is 1. The second-order valence-electron chi connectivity index (χ2n) is 6.33. The Labute approximate surface area is 165 Å². The van der Waals surface area contributed by atoms with Gasteiger partial charge in [-0.15, -0.1) is 24.8 Å². The molecule has 4 heterocycles. The molecule has 2 aromatic rings. The number of carbonyl (C=O) groups excluding carboxylic acids is 1. The number of pyridine rings is 1.